The molecule has 1 aromatic heterocycles. The van der Waals surface area contributed by atoms with Crippen molar-refractivity contribution in [3.8, 4) is 0 Å². The number of nitrogens with zero attached hydrogens (tertiary/aromatic N) is 1. The molecule has 0 aliphatic rings. The van der Waals surface area contributed by atoms with Crippen molar-refractivity contribution in [2.45, 2.75) is 45.6 Å². The van der Waals surface area contributed by atoms with Crippen LogP contribution in [0.2, 0.25) is 0 Å². The zero-order chi connectivity index (χ0) is 14.8. The van der Waals surface area contributed by atoms with E-state index < -0.39 is 5.60 Å². The average molecular weight is 425 g/mol. The maximum Gasteiger partial charge on any atom is 0.191 e. The first-order valence-corrected chi connectivity index (χ1v) is 8.31. The summed E-state index contributed by atoms with van der Waals surface area (Å²) in [5.74, 6) is 0.777. The van der Waals surface area contributed by atoms with Gasteiger partial charge in [-0.15, -0.1) is 24.0 Å². The van der Waals surface area contributed by atoms with Gasteiger partial charge in [-0.25, -0.2) is 4.99 Å². The summed E-state index contributed by atoms with van der Waals surface area (Å²) in [6, 6.07) is 1.95. The van der Waals surface area contributed by atoms with Crippen LogP contribution in [0.5, 0.6) is 0 Å². The number of rotatable bonds is 8. The van der Waals surface area contributed by atoms with Gasteiger partial charge in [-0.2, -0.15) is 11.3 Å². The second kappa shape index (κ2) is 11.3. The first-order chi connectivity index (χ1) is 9.60. The largest absolute Gasteiger partial charge is 0.383 e. The molecule has 0 bridgehead atoms. The van der Waals surface area contributed by atoms with Gasteiger partial charge in [0.15, 0.2) is 5.96 Å². The molecule has 0 amide bonds. The van der Waals surface area contributed by atoms with Crippen molar-refractivity contribution < 1.29 is 5.11 Å². The molecule has 4 nitrogen and oxygen atoms in total. The lowest BCUT2D eigenvalue weighted by Crippen LogP contribution is -2.39. The van der Waals surface area contributed by atoms with Gasteiger partial charge in [-0.05, 0) is 42.7 Å². The highest BCUT2D eigenvalue weighted by Crippen LogP contribution is 2.23. The van der Waals surface area contributed by atoms with Gasteiger partial charge in [0.1, 0.15) is 5.60 Å². The van der Waals surface area contributed by atoms with Crippen molar-refractivity contribution in [3.63, 3.8) is 0 Å². The summed E-state index contributed by atoms with van der Waals surface area (Å²) in [7, 11) is 0. The summed E-state index contributed by atoms with van der Waals surface area (Å²) in [5, 5.41) is 20.9. The molecule has 0 spiro atoms. The van der Waals surface area contributed by atoms with Crippen LogP contribution >= 0.6 is 35.3 Å². The van der Waals surface area contributed by atoms with Crippen LogP contribution in [-0.4, -0.2) is 30.7 Å². The van der Waals surface area contributed by atoms with Gasteiger partial charge in [-0.3, -0.25) is 0 Å². The van der Waals surface area contributed by atoms with E-state index in [4.69, 9.17) is 0 Å². The van der Waals surface area contributed by atoms with E-state index in [1.54, 1.807) is 18.3 Å². The highest BCUT2D eigenvalue weighted by molar-refractivity contribution is 14.0. The summed E-state index contributed by atoms with van der Waals surface area (Å²) < 4.78 is 0. The third kappa shape index (κ3) is 8.01. The Hall–Kier alpha value is -0.340. The van der Waals surface area contributed by atoms with E-state index in [9.17, 15) is 5.11 Å². The van der Waals surface area contributed by atoms with Crippen molar-refractivity contribution in [2.75, 3.05) is 19.6 Å². The number of unbranched alkanes of at least 4 members (excludes halogenated alkanes) is 2. The van der Waals surface area contributed by atoms with Gasteiger partial charge in [0, 0.05) is 13.1 Å². The smallest absolute Gasteiger partial charge is 0.191 e. The van der Waals surface area contributed by atoms with Crippen LogP contribution in [0.4, 0.5) is 0 Å². The number of halogens is 1. The normalized spacial score (nSPS) is 14.2. The molecule has 0 fully saturated rings. The van der Waals surface area contributed by atoms with Crippen molar-refractivity contribution >= 4 is 41.3 Å². The number of hydrogen-bond donors (Lipinski definition) is 3. The number of thiophene rings is 1. The number of aliphatic hydroxyl groups is 1. The van der Waals surface area contributed by atoms with Crippen LogP contribution in [0.1, 0.15) is 45.6 Å². The number of hydrogen-bond acceptors (Lipinski definition) is 3. The fourth-order valence-electron chi connectivity index (χ4n) is 1.82. The van der Waals surface area contributed by atoms with Crippen LogP contribution in [0.3, 0.4) is 0 Å². The molecule has 1 heterocycles. The van der Waals surface area contributed by atoms with Gasteiger partial charge < -0.3 is 15.7 Å². The quantitative estimate of drug-likeness (QED) is 0.259. The maximum absolute atomic E-state index is 10.4. The van der Waals surface area contributed by atoms with Gasteiger partial charge >= 0.3 is 0 Å². The van der Waals surface area contributed by atoms with E-state index >= 15 is 0 Å². The Morgan fingerprint density at radius 1 is 1.33 bits per heavy atom. The zero-order valence-electron chi connectivity index (χ0n) is 13.2. The molecule has 1 aromatic rings. The lowest BCUT2D eigenvalue weighted by Gasteiger charge is -2.21. The van der Waals surface area contributed by atoms with Gasteiger partial charge in [0.05, 0.1) is 6.54 Å². The fraction of sp³-hybridized carbons (Fsp3) is 0.667. The van der Waals surface area contributed by atoms with E-state index in [1.165, 1.54) is 12.8 Å². The molecule has 3 N–H and O–H groups in total. The molecule has 1 rings (SSSR count). The van der Waals surface area contributed by atoms with E-state index in [1.807, 2.05) is 23.8 Å². The van der Waals surface area contributed by atoms with Crippen molar-refractivity contribution in [2.24, 2.45) is 4.99 Å². The Labute approximate surface area is 149 Å². The van der Waals surface area contributed by atoms with Crippen molar-refractivity contribution in [3.05, 3.63) is 22.4 Å². The molecule has 0 radical (unpaired) electrons. The Kier molecular flexibility index (Phi) is 11.1. The Balaban J connectivity index is 0.00000400. The number of aliphatic imine (C=N–C) groups is 1. The van der Waals surface area contributed by atoms with Crippen LogP contribution in [0.25, 0.3) is 0 Å². The Morgan fingerprint density at radius 3 is 2.67 bits per heavy atom. The number of nitrogens with one attached hydrogen (secondary N) is 2. The molecule has 0 saturated carbocycles. The van der Waals surface area contributed by atoms with Crippen LogP contribution < -0.4 is 10.6 Å². The molecule has 0 saturated heterocycles. The zero-order valence-corrected chi connectivity index (χ0v) is 16.3. The van der Waals surface area contributed by atoms with Crippen LogP contribution in [-0.2, 0) is 5.60 Å². The maximum atomic E-state index is 10.4. The highest BCUT2D eigenvalue weighted by Gasteiger charge is 2.23. The molecule has 1 atom stereocenters. The third-order valence-electron chi connectivity index (χ3n) is 3.11. The van der Waals surface area contributed by atoms with Gasteiger partial charge in [-0.1, -0.05) is 19.8 Å². The minimum Gasteiger partial charge on any atom is -0.383 e. The number of guanidine groups is 1. The summed E-state index contributed by atoms with van der Waals surface area (Å²) in [4.78, 5) is 4.49. The van der Waals surface area contributed by atoms with Crippen LogP contribution in [0, 0.1) is 0 Å². The Morgan fingerprint density at radius 2 is 2.10 bits per heavy atom. The second-order valence-electron chi connectivity index (χ2n) is 5.11. The average Bonchev–Trinajstić information content (AvgIpc) is 2.95. The predicted molar refractivity (Wildman–Crippen MR) is 103 cm³/mol. The minimum atomic E-state index is -0.911. The topological polar surface area (TPSA) is 56.7 Å². The molecule has 1 unspecified atom stereocenters. The van der Waals surface area contributed by atoms with Gasteiger partial charge in [0.2, 0.25) is 0 Å². The summed E-state index contributed by atoms with van der Waals surface area (Å²) >= 11 is 1.59. The van der Waals surface area contributed by atoms with Crippen LogP contribution in [0.15, 0.2) is 21.8 Å². The monoisotopic (exact) mass is 425 g/mol. The first-order valence-electron chi connectivity index (χ1n) is 7.37. The SMILES string of the molecule is CCCCCNC(=NCC(C)(O)c1ccsc1)NCC.I. The lowest BCUT2D eigenvalue weighted by atomic mass is 10.00. The predicted octanol–water partition coefficient (Wildman–Crippen LogP) is 3.32. The van der Waals surface area contributed by atoms with Gasteiger partial charge in [0.25, 0.3) is 0 Å². The molecule has 0 aliphatic carbocycles. The molecule has 0 aliphatic heterocycles. The molecule has 122 valence electrons. The lowest BCUT2D eigenvalue weighted by molar-refractivity contribution is 0.0677. The Bertz CT molecular complexity index is 394. The summed E-state index contributed by atoms with van der Waals surface area (Å²) in [5.41, 5.74) is 0.0132. The van der Waals surface area contributed by atoms with E-state index in [0.717, 1.165) is 31.0 Å². The van der Waals surface area contributed by atoms with Crippen molar-refractivity contribution in [1.82, 2.24) is 10.6 Å². The third-order valence-corrected chi connectivity index (χ3v) is 3.79. The second-order valence-corrected chi connectivity index (χ2v) is 5.89. The summed E-state index contributed by atoms with van der Waals surface area (Å²) in [6.07, 6.45) is 3.57. The van der Waals surface area contributed by atoms with E-state index in [0.29, 0.717) is 6.54 Å². The fourth-order valence-corrected chi connectivity index (χ4v) is 2.60. The molecular weight excluding hydrogens is 397 g/mol. The molecule has 21 heavy (non-hydrogen) atoms. The molecular formula is C15H28IN3OS. The van der Waals surface area contributed by atoms with E-state index in [2.05, 4.69) is 22.5 Å². The minimum absolute atomic E-state index is 0. The molecule has 0 aromatic carbocycles. The highest BCUT2D eigenvalue weighted by atomic mass is 127. The summed E-state index contributed by atoms with van der Waals surface area (Å²) in [6.45, 7) is 8.13. The first kappa shape index (κ1) is 20.7. The standard InChI is InChI=1S/C15H27N3OS.HI/c1-4-6-7-9-17-14(16-5-2)18-12-15(3,19)13-8-10-20-11-13;/h8,10-11,19H,4-7,9,12H2,1-3H3,(H2,16,17,18);1H. The molecule has 6 heteroatoms. The van der Waals surface area contributed by atoms with Crippen molar-refractivity contribution in [1.29, 1.82) is 0 Å². The van der Waals surface area contributed by atoms with E-state index in [-0.39, 0.29) is 24.0 Å².